The molecule has 0 saturated heterocycles. The quantitative estimate of drug-likeness (QED) is 0.562. The van der Waals surface area contributed by atoms with Crippen LogP contribution in [-0.2, 0) is 4.79 Å². The lowest BCUT2D eigenvalue weighted by Gasteiger charge is -2.25. The van der Waals surface area contributed by atoms with Gasteiger partial charge in [-0.1, -0.05) is 23.1 Å². The molecule has 1 heterocycles. The summed E-state index contributed by atoms with van der Waals surface area (Å²) in [7, 11) is 1.75. The molecule has 1 amide bonds. The third kappa shape index (κ3) is 3.73. The number of nitrogens with one attached hydrogen (secondary N) is 1. The number of thioether (sulfide) groups is 1. The van der Waals surface area contributed by atoms with Crippen molar-refractivity contribution >= 4 is 29.0 Å². The Labute approximate surface area is 103 Å². The Morgan fingerprint density at radius 2 is 2.50 bits per heavy atom. The van der Waals surface area contributed by atoms with Crippen LogP contribution in [0.2, 0.25) is 0 Å². The Morgan fingerprint density at radius 3 is 3.00 bits per heavy atom. The zero-order valence-electron chi connectivity index (χ0n) is 9.40. The normalized spacial score (nSPS) is 14.6. The fourth-order valence-corrected chi connectivity index (χ4v) is 2.68. The second-order valence-electron chi connectivity index (χ2n) is 3.60. The van der Waals surface area contributed by atoms with Gasteiger partial charge in [-0.3, -0.25) is 4.79 Å². The summed E-state index contributed by atoms with van der Waals surface area (Å²) in [5, 5.41) is 10.6. The van der Waals surface area contributed by atoms with Crippen LogP contribution in [0.4, 0.5) is 0 Å². The highest BCUT2D eigenvalue weighted by molar-refractivity contribution is 8.00. The standard InChI is InChI=1S/C9H16N4OS2/c1-9(11-2,7(10)14)4-3-5-15-8-13-12-6-16-8/h6,11H,3-5H2,1-2H3,(H2,10,14). The number of amides is 1. The van der Waals surface area contributed by atoms with Gasteiger partial charge >= 0.3 is 0 Å². The van der Waals surface area contributed by atoms with E-state index < -0.39 is 5.54 Å². The molecule has 1 unspecified atom stereocenters. The first-order valence-corrected chi connectivity index (χ1v) is 6.83. The number of primary amides is 1. The lowest BCUT2D eigenvalue weighted by atomic mass is 9.96. The maximum absolute atomic E-state index is 11.2. The molecule has 90 valence electrons. The Hall–Kier alpha value is -0.660. The van der Waals surface area contributed by atoms with Gasteiger partial charge in [0.15, 0.2) is 4.34 Å². The minimum absolute atomic E-state index is 0.309. The zero-order valence-corrected chi connectivity index (χ0v) is 11.0. The van der Waals surface area contributed by atoms with Gasteiger partial charge in [0.1, 0.15) is 5.51 Å². The molecule has 1 atom stereocenters. The van der Waals surface area contributed by atoms with Crippen molar-refractivity contribution < 1.29 is 4.79 Å². The van der Waals surface area contributed by atoms with E-state index in [1.54, 1.807) is 24.3 Å². The molecule has 0 aliphatic heterocycles. The monoisotopic (exact) mass is 260 g/mol. The van der Waals surface area contributed by atoms with E-state index in [9.17, 15) is 4.79 Å². The van der Waals surface area contributed by atoms with E-state index in [4.69, 9.17) is 5.73 Å². The van der Waals surface area contributed by atoms with Gasteiger partial charge in [-0.15, -0.1) is 10.2 Å². The van der Waals surface area contributed by atoms with Crippen molar-refractivity contribution in [2.75, 3.05) is 12.8 Å². The fourth-order valence-electron chi connectivity index (χ4n) is 1.18. The van der Waals surface area contributed by atoms with Crippen LogP contribution in [0.15, 0.2) is 9.85 Å². The summed E-state index contributed by atoms with van der Waals surface area (Å²) in [6.45, 7) is 1.82. The van der Waals surface area contributed by atoms with Crippen molar-refractivity contribution in [2.45, 2.75) is 29.6 Å². The number of carbonyl (C=O) groups is 1. The number of likely N-dealkylation sites (N-methyl/N-ethyl adjacent to an activating group) is 1. The molecule has 1 aromatic rings. The molecule has 3 N–H and O–H groups in total. The van der Waals surface area contributed by atoms with Crippen LogP contribution in [0.5, 0.6) is 0 Å². The molecule has 0 saturated carbocycles. The van der Waals surface area contributed by atoms with E-state index in [2.05, 4.69) is 15.5 Å². The van der Waals surface area contributed by atoms with Gasteiger partial charge in [0.25, 0.3) is 0 Å². The van der Waals surface area contributed by atoms with Crippen molar-refractivity contribution in [1.82, 2.24) is 15.5 Å². The number of hydrogen-bond donors (Lipinski definition) is 2. The number of aromatic nitrogens is 2. The van der Waals surface area contributed by atoms with Gasteiger partial charge in [-0.2, -0.15) is 0 Å². The molecular weight excluding hydrogens is 244 g/mol. The summed E-state index contributed by atoms with van der Waals surface area (Å²) in [6, 6.07) is 0. The summed E-state index contributed by atoms with van der Waals surface area (Å²) in [5.41, 5.74) is 6.43. The average molecular weight is 260 g/mol. The number of carbonyl (C=O) groups excluding carboxylic acids is 1. The van der Waals surface area contributed by atoms with E-state index in [-0.39, 0.29) is 5.91 Å². The summed E-state index contributed by atoms with van der Waals surface area (Å²) in [5.74, 6) is 0.607. The largest absolute Gasteiger partial charge is 0.368 e. The molecule has 16 heavy (non-hydrogen) atoms. The summed E-state index contributed by atoms with van der Waals surface area (Å²) < 4.78 is 0.963. The van der Waals surface area contributed by atoms with Crippen LogP contribution in [-0.4, -0.2) is 34.4 Å². The van der Waals surface area contributed by atoms with Gasteiger partial charge in [0.2, 0.25) is 5.91 Å². The van der Waals surface area contributed by atoms with E-state index in [1.165, 1.54) is 11.3 Å². The summed E-state index contributed by atoms with van der Waals surface area (Å²) >= 11 is 3.18. The first-order chi connectivity index (χ1) is 7.58. The minimum Gasteiger partial charge on any atom is -0.368 e. The summed E-state index contributed by atoms with van der Waals surface area (Å²) in [4.78, 5) is 11.2. The van der Waals surface area contributed by atoms with Crippen molar-refractivity contribution in [1.29, 1.82) is 0 Å². The van der Waals surface area contributed by atoms with Crippen molar-refractivity contribution in [2.24, 2.45) is 5.73 Å². The lowest BCUT2D eigenvalue weighted by Crippen LogP contribution is -2.51. The fraction of sp³-hybridized carbons (Fsp3) is 0.667. The van der Waals surface area contributed by atoms with E-state index in [1.807, 2.05) is 6.92 Å². The molecule has 7 heteroatoms. The molecule has 0 aliphatic rings. The van der Waals surface area contributed by atoms with Crippen LogP contribution in [0.3, 0.4) is 0 Å². The minimum atomic E-state index is -0.609. The third-order valence-corrected chi connectivity index (χ3v) is 4.43. The first-order valence-electron chi connectivity index (χ1n) is 4.96. The second-order valence-corrected chi connectivity index (χ2v) is 5.78. The predicted octanol–water partition coefficient (Wildman–Crippen LogP) is 0.874. The average Bonchev–Trinajstić information content (AvgIpc) is 2.76. The van der Waals surface area contributed by atoms with Crippen LogP contribution in [0.25, 0.3) is 0 Å². The molecule has 0 aromatic carbocycles. The van der Waals surface area contributed by atoms with Crippen LogP contribution >= 0.6 is 23.1 Å². The molecule has 0 spiro atoms. The zero-order chi connectivity index (χ0) is 12.0. The number of hydrogen-bond acceptors (Lipinski definition) is 6. The van der Waals surface area contributed by atoms with Gasteiger partial charge in [0, 0.05) is 5.75 Å². The molecule has 0 aliphatic carbocycles. The molecule has 0 fully saturated rings. The Kier molecular flexibility index (Phi) is 5.17. The topological polar surface area (TPSA) is 80.9 Å². The maximum atomic E-state index is 11.2. The van der Waals surface area contributed by atoms with E-state index >= 15 is 0 Å². The molecule has 0 bridgehead atoms. The molecule has 0 radical (unpaired) electrons. The van der Waals surface area contributed by atoms with Crippen molar-refractivity contribution in [3.8, 4) is 0 Å². The van der Waals surface area contributed by atoms with Crippen LogP contribution in [0, 0.1) is 0 Å². The Bertz CT molecular complexity index is 330. The van der Waals surface area contributed by atoms with E-state index in [0.29, 0.717) is 0 Å². The SMILES string of the molecule is CNC(C)(CCCSc1nncs1)C(N)=O. The molecule has 1 aromatic heterocycles. The summed E-state index contributed by atoms with van der Waals surface area (Å²) in [6.07, 6.45) is 1.63. The van der Waals surface area contributed by atoms with E-state index in [0.717, 1.165) is 22.9 Å². The highest BCUT2D eigenvalue weighted by Crippen LogP contribution is 2.22. The Morgan fingerprint density at radius 1 is 1.75 bits per heavy atom. The van der Waals surface area contributed by atoms with Crippen molar-refractivity contribution in [3.05, 3.63) is 5.51 Å². The lowest BCUT2D eigenvalue weighted by molar-refractivity contribution is -0.123. The van der Waals surface area contributed by atoms with Gasteiger partial charge in [0.05, 0.1) is 5.54 Å². The van der Waals surface area contributed by atoms with Gasteiger partial charge < -0.3 is 11.1 Å². The van der Waals surface area contributed by atoms with Crippen LogP contribution in [0.1, 0.15) is 19.8 Å². The smallest absolute Gasteiger partial charge is 0.237 e. The van der Waals surface area contributed by atoms with Crippen molar-refractivity contribution in [3.63, 3.8) is 0 Å². The highest BCUT2D eigenvalue weighted by Gasteiger charge is 2.27. The Balaban J connectivity index is 2.26. The number of nitrogens with zero attached hydrogens (tertiary/aromatic N) is 2. The van der Waals surface area contributed by atoms with Gasteiger partial charge in [-0.25, -0.2) is 0 Å². The van der Waals surface area contributed by atoms with Gasteiger partial charge in [-0.05, 0) is 26.8 Å². The molecule has 1 rings (SSSR count). The second kappa shape index (κ2) is 6.17. The van der Waals surface area contributed by atoms with Crippen LogP contribution < -0.4 is 11.1 Å². The number of nitrogens with two attached hydrogens (primary N) is 1. The highest BCUT2D eigenvalue weighted by atomic mass is 32.2. The number of rotatable bonds is 7. The maximum Gasteiger partial charge on any atom is 0.237 e. The predicted molar refractivity (Wildman–Crippen MR) is 66.5 cm³/mol. The molecular formula is C9H16N4OS2. The first kappa shape index (κ1) is 13.4. The molecule has 5 nitrogen and oxygen atoms in total. The third-order valence-electron chi connectivity index (χ3n) is 2.48.